The lowest BCUT2D eigenvalue weighted by Gasteiger charge is -2.17. The number of amides is 1. The minimum absolute atomic E-state index is 0.294. The van der Waals surface area contributed by atoms with Crippen LogP contribution < -0.4 is 14.8 Å². The Kier molecular flexibility index (Phi) is 5.52. The van der Waals surface area contributed by atoms with Gasteiger partial charge in [-0.1, -0.05) is 41.4 Å². The van der Waals surface area contributed by atoms with Crippen LogP contribution in [-0.4, -0.2) is 19.1 Å². The lowest BCUT2D eigenvalue weighted by atomic mass is 10.3. The van der Waals surface area contributed by atoms with Crippen LogP contribution in [0.25, 0.3) is 0 Å². The first-order chi connectivity index (χ1) is 10.5. The van der Waals surface area contributed by atoms with Gasteiger partial charge in [-0.15, -0.1) is 0 Å². The lowest BCUT2D eigenvalue weighted by Crippen LogP contribution is -2.30. The van der Waals surface area contributed by atoms with E-state index in [1.807, 2.05) is 6.07 Å². The van der Waals surface area contributed by atoms with Crippen molar-refractivity contribution < 1.29 is 14.3 Å². The maximum atomic E-state index is 12.2. The van der Waals surface area contributed by atoms with Crippen LogP contribution in [0.2, 0.25) is 10.0 Å². The molecule has 22 heavy (non-hydrogen) atoms. The molecule has 0 unspecified atom stereocenters. The molecule has 0 aliphatic rings. The molecule has 0 aliphatic heterocycles. The van der Waals surface area contributed by atoms with E-state index >= 15 is 0 Å². The van der Waals surface area contributed by atoms with Gasteiger partial charge in [0.1, 0.15) is 0 Å². The van der Waals surface area contributed by atoms with Crippen molar-refractivity contribution in [1.82, 2.24) is 0 Å². The minimum Gasteiger partial charge on any atom is -0.493 e. The monoisotopic (exact) mass is 339 g/mol. The van der Waals surface area contributed by atoms with Gasteiger partial charge in [-0.25, -0.2) is 0 Å². The Hall–Kier alpha value is -1.91. The molecule has 2 aromatic carbocycles. The molecule has 2 aromatic rings. The van der Waals surface area contributed by atoms with Crippen molar-refractivity contribution in [3.8, 4) is 11.5 Å². The molecule has 0 bridgehead atoms. The first-order valence-corrected chi connectivity index (χ1v) is 7.33. The van der Waals surface area contributed by atoms with Gasteiger partial charge in [-0.05, 0) is 31.2 Å². The van der Waals surface area contributed by atoms with Crippen molar-refractivity contribution >= 4 is 34.8 Å². The molecular formula is C16H15Cl2NO3. The number of ether oxygens (including phenoxy) is 2. The number of anilines is 1. The van der Waals surface area contributed by atoms with Gasteiger partial charge in [0, 0.05) is 0 Å². The van der Waals surface area contributed by atoms with Crippen molar-refractivity contribution in [2.45, 2.75) is 13.0 Å². The van der Waals surface area contributed by atoms with E-state index in [0.29, 0.717) is 27.2 Å². The lowest BCUT2D eigenvalue weighted by molar-refractivity contribution is -0.122. The van der Waals surface area contributed by atoms with Crippen LogP contribution in [0.1, 0.15) is 6.92 Å². The first kappa shape index (κ1) is 16.5. The third-order valence-corrected chi connectivity index (χ3v) is 3.77. The third kappa shape index (κ3) is 3.84. The second kappa shape index (κ2) is 7.38. The smallest absolute Gasteiger partial charge is 0.265 e. The van der Waals surface area contributed by atoms with E-state index in [4.69, 9.17) is 32.7 Å². The number of hydrogen-bond acceptors (Lipinski definition) is 3. The fourth-order valence-electron chi connectivity index (χ4n) is 1.79. The maximum Gasteiger partial charge on any atom is 0.265 e. The second-order valence-corrected chi connectivity index (χ2v) is 5.29. The molecule has 1 amide bonds. The van der Waals surface area contributed by atoms with E-state index in [1.165, 1.54) is 0 Å². The zero-order valence-electron chi connectivity index (χ0n) is 12.1. The van der Waals surface area contributed by atoms with E-state index in [9.17, 15) is 4.79 Å². The standard InChI is InChI=1S/C16H15Cl2NO3/c1-10(22-14-9-4-3-8-13(14)21-2)16(20)19-12-7-5-6-11(17)15(12)18/h3-10H,1-2H3,(H,19,20)/t10-/m1/s1. The van der Waals surface area contributed by atoms with E-state index in [-0.39, 0.29) is 5.91 Å². The van der Waals surface area contributed by atoms with Crippen LogP contribution in [0, 0.1) is 0 Å². The average molecular weight is 340 g/mol. The van der Waals surface area contributed by atoms with Gasteiger partial charge in [0.25, 0.3) is 5.91 Å². The molecule has 1 N–H and O–H groups in total. The van der Waals surface area contributed by atoms with Crippen LogP contribution in [0.3, 0.4) is 0 Å². The molecule has 0 heterocycles. The van der Waals surface area contributed by atoms with Crippen LogP contribution >= 0.6 is 23.2 Å². The summed E-state index contributed by atoms with van der Waals surface area (Å²) in [4.78, 5) is 12.2. The molecule has 116 valence electrons. The quantitative estimate of drug-likeness (QED) is 0.877. The number of benzene rings is 2. The Morgan fingerprint density at radius 1 is 1.09 bits per heavy atom. The zero-order valence-corrected chi connectivity index (χ0v) is 13.6. The van der Waals surface area contributed by atoms with Gasteiger partial charge in [0.05, 0.1) is 22.8 Å². The summed E-state index contributed by atoms with van der Waals surface area (Å²) in [5.41, 5.74) is 0.439. The highest BCUT2D eigenvalue weighted by atomic mass is 35.5. The average Bonchev–Trinajstić information content (AvgIpc) is 2.52. The fourth-order valence-corrected chi connectivity index (χ4v) is 2.14. The van der Waals surface area contributed by atoms with Crippen LogP contribution in [0.4, 0.5) is 5.69 Å². The molecular weight excluding hydrogens is 325 g/mol. The van der Waals surface area contributed by atoms with Gasteiger partial charge in [0.15, 0.2) is 17.6 Å². The topological polar surface area (TPSA) is 47.6 Å². The summed E-state index contributed by atoms with van der Waals surface area (Å²) in [5, 5.41) is 3.35. The number of halogens is 2. The molecule has 0 saturated heterocycles. The van der Waals surface area contributed by atoms with E-state index in [2.05, 4.69) is 5.32 Å². The summed E-state index contributed by atoms with van der Waals surface area (Å²) < 4.78 is 10.8. The summed E-state index contributed by atoms with van der Waals surface area (Å²) in [6, 6.07) is 12.1. The van der Waals surface area contributed by atoms with Crippen molar-refractivity contribution in [1.29, 1.82) is 0 Å². The Morgan fingerprint density at radius 3 is 2.45 bits per heavy atom. The van der Waals surface area contributed by atoms with Crippen LogP contribution in [0.5, 0.6) is 11.5 Å². The fraction of sp³-hybridized carbons (Fsp3) is 0.188. The highest BCUT2D eigenvalue weighted by Crippen LogP contribution is 2.30. The highest BCUT2D eigenvalue weighted by molar-refractivity contribution is 6.44. The van der Waals surface area contributed by atoms with Gasteiger partial charge < -0.3 is 14.8 Å². The molecule has 4 nitrogen and oxygen atoms in total. The van der Waals surface area contributed by atoms with Crippen molar-refractivity contribution in [2.75, 3.05) is 12.4 Å². The largest absolute Gasteiger partial charge is 0.493 e. The predicted molar refractivity (Wildman–Crippen MR) is 88.2 cm³/mol. The van der Waals surface area contributed by atoms with Crippen molar-refractivity contribution in [3.63, 3.8) is 0 Å². The normalized spacial score (nSPS) is 11.6. The molecule has 0 radical (unpaired) electrons. The Bertz CT molecular complexity index is 676. The number of rotatable bonds is 5. The molecule has 0 aliphatic carbocycles. The minimum atomic E-state index is -0.730. The Balaban J connectivity index is 2.08. The summed E-state index contributed by atoms with van der Waals surface area (Å²) >= 11 is 12.0. The van der Waals surface area contributed by atoms with Gasteiger partial charge in [-0.3, -0.25) is 4.79 Å². The summed E-state index contributed by atoms with van der Waals surface area (Å²) in [5.74, 6) is 0.711. The molecule has 0 aromatic heterocycles. The SMILES string of the molecule is COc1ccccc1O[C@H](C)C(=O)Nc1cccc(Cl)c1Cl. The third-order valence-electron chi connectivity index (χ3n) is 2.95. The Morgan fingerprint density at radius 2 is 1.77 bits per heavy atom. The molecule has 6 heteroatoms. The van der Waals surface area contributed by atoms with E-state index in [1.54, 1.807) is 50.4 Å². The molecule has 2 rings (SSSR count). The maximum absolute atomic E-state index is 12.2. The zero-order chi connectivity index (χ0) is 16.1. The van der Waals surface area contributed by atoms with E-state index < -0.39 is 6.10 Å². The number of para-hydroxylation sites is 2. The van der Waals surface area contributed by atoms with Crippen LogP contribution in [-0.2, 0) is 4.79 Å². The van der Waals surface area contributed by atoms with Crippen LogP contribution in [0.15, 0.2) is 42.5 Å². The number of carbonyl (C=O) groups excluding carboxylic acids is 1. The summed E-state index contributed by atoms with van der Waals surface area (Å²) in [7, 11) is 1.54. The predicted octanol–water partition coefficient (Wildman–Crippen LogP) is 4.41. The molecule has 1 atom stereocenters. The highest BCUT2D eigenvalue weighted by Gasteiger charge is 2.18. The Labute approximate surface area is 138 Å². The van der Waals surface area contributed by atoms with E-state index in [0.717, 1.165) is 0 Å². The first-order valence-electron chi connectivity index (χ1n) is 6.57. The number of carbonyl (C=O) groups is 1. The van der Waals surface area contributed by atoms with Gasteiger partial charge in [0.2, 0.25) is 0 Å². The summed E-state index contributed by atoms with van der Waals surface area (Å²) in [6.45, 7) is 1.64. The van der Waals surface area contributed by atoms with Gasteiger partial charge in [-0.2, -0.15) is 0 Å². The van der Waals surface area contributed by atoms with Gasteiger partial charge >= 0.3 is 0 Å². The second-order valence-electron chi connectivity index (χ2n) is 4.50. The van der Waals surface area contributed by atoms with Crippen molar-refractivity contribution in [3.05, 3.63) is 52.5 Å². The molecule has 0 spiro atoms. The number of nitrogens with one attached hydrogen (secondary N) is 1. The number of methoxy groups -OCH3 is 1. The van der Waals surface area contributed by atoms with Crippen molar-refractivity contribution in [2.24, 2.45) is 0 Å². The summed E-state index contributed by atoms with van der Waals surface area (Å²) in [6.07, 6.45) is -0.730. The molecule has 0 fully saturated rings. The number of hydrogen-bond donors (Lipinski definition) is 1. The molecule has 0 saturated carbocycles.